The summed E-state index contributed by atoms with van der Waals surface area (Å²) in [4.78, 5) is 8.45. The third kappa shape index (κ3) is 2.35. The van der Waals surface area contributed by atoms with Crippen molar-refractivity contribution in [3.05, 3.63) is 53.3 Å². The average molecular weight is 272 g/mol. The van der Waals surface area contributed by atoms with Crippen LogP contribution in [0.1, 0.15) is 5.56 Å². The minimum Gasteiger partial charge on any atom is -0.334 e. The number of hydrogen-bond donors (Lipinski definition) is 0. The van der Waals surface area contributed by atoms with Gasteiger partial charge in [0.25, 0.3) is 5.89 Å². The lowest BCUT2D eigenvalue weighted by Gasteiger charge is -1.97. The van der Waals surface area contributed by atoms with Crippen molar-refractivity contribution >= 4 is 11.6 Å². The molecule has 3 aromatic rings. The summed E-state index contributed by atoms with van der Waals surface area (Å²) >= 11 is 5.95. The Morgan fingerprint density at radius 3 is 2.89 bits per heavy atom. The Morgan fingerprint density at radius 2 is 2.11 bits per heavy atom. The highest BCUT2D eigenvalue weighted by Gasteiger charge is 2.12. The molecule has 0 amide bonds. The first-order chi connectivity index (χ1) is 9.24. The summed E-state index contributed by atoms with van der Waals surface area (Å²) in [7, 11) is 0. The van der Waals surface area contributed by atoms with Gasteiger partial charge in [0.15, 0.2) is 0 Å². The first-order valence-corrected chi connectivity index (χ1v) is 6.12. The molecule has 0 radical (unpaired) electrons. The fourth-order valence-corrected chi connectivity index (χ4v) is 1.96. The fourth-order valence-electron chi connectivity index (χ4n) is 1.77. The van der Waals surface area contributed by atoms with Crippen molar-refractivity contribution in [1.82, 2.24) is 15.1 Å². The molecular weight excluding hydrogens is 262 g/mol. The number of aryl methyl sites for hydroxylation is 1. The number of aromatic nitrogens is 3. The van der Waals surface area contributed by atoms with Crippen LogP contribution in [0, 0.1) is 6.92 Å². The van der Waals surface area contributed by atoms with Crippen LogP contribution in [-0.2, 0) is 0 Å². The van der Waals surface area contributed by atoms with Crippen LogP contribution < -0.4 is 0 Å². The van der Waals surface area contributed by atoms with Crippen molar-refractivity contribution in [3.8, 4) is 22.8 Å². The smallest absolute Gasteiger partial charge is 0.260 e. The Hall–Kier alpha value is -2.20. The van der Waals surface area contributed by atoms with Crippen LogP contribution in [0.4, 0.5) is 0 Å². The fraction of sp³-hybridized carbons (Fsp3) is 0.0714. The topological polar surface area (TPSA) is 51.8 Å². The summed E-state index contributed by atoms with van der Waals surface area (Å²) in [6.45, 7) is 1.97. The minimum atomic E-state index is 0.459. The Bertz CT molecular complexity index is 724. The highest BCUT2D eigenvalue weighted by Crippen LogP contribution is 2.25. The second kappa shape index (κ2) is 4.82. The van der Waals surface area contributed by atoms with E-state index in [0.29, 0.717) is 16.7 Å². The molecule has 0 unspecified atom stereocenters. The number of hydrogen-bond acceptors (Lipinski definition) is 4. The van der Waals surface area contributed by atoms with Crippen molar-refractivity contribution in [2.45, 2.75) is 6.92 Å². The Kier molecular flexibility index (Phi) is 3.01. The average Bonchev–Trinajstić information content (AvgIpc) is 2.89. The van der Waals surface area contributed by atoms with Crippen LogP contribution in [0.5, 0.6) is 0 Å². The van der Waals surface area contributed by atoms with Gasteiger partial charge in [-0.25, -0.2) is 0 Å². The Morgan fingerprint density at radius 1 is 1.21 bits per heavy atom. The number of rotatable bonds is 2. The van der Waals surface area contributed by atoms with E-state index < -0.39 is 0 Å². The van der Waals surface area contributed by atoms with Gasteiger partial charge in [0.05, 0.1) is 5.56 Å². The predicted octanol–water partition coefficient (Wildman–Crippen LogP) is 3.76. The molecule has 0 N–H and O–H groups in total. The molecule has 19 heavy (non-hydrogen) atoms. The van der Waals surface area contributed by atoms with E-state index in [4.69, 9.17) is 16.1 Å². The molecule has 5 heteroatoms. The van der Waals surface area contributed by atoms with Crippen LogP contribution in [0.15, 0.2) is 47.2 Å². The molecule has 3 rings (SSSR count). The maximum atomic E-state index is 5.95. The van der Waals surface area contributed by atoms with Gasteiger partial charge in [0, 0.05) is 23.0 Å². The van der Waals surface area contributed by atoms with Crippen molar-refractivity contribution < 1.29 is 4.52 Å². The van der Waals surface area contributed by atoms with Gasteiger partial charge in [0.2, 0.25) is 5.82 Å². The molecule has 1 aromatic carbocycles. The molecule has 0 saturated carbocycles. The molecule has 0 aliphatic rings. The van der Waals surface area contributed by atoms with Crippen LogP contribution >= 0.6 is 11.6 Å². The van der Waals surface area contributed by atoms with Gasteiger partial charge in [0.1, 0.15) is 0 Å². The lowest BCUT2D eigenvalue weighted by Crippen LogP contribution is -1.85. The zero-order valence-corrected chi connectivity index (χ0v) is 10.9. The maximum absolute atomic E-state index is 5.95. The number of nitrogens with zero attached hydrogens (tertiary/aromatic N) is 3. The first kappa shape index (κ1) is 11.9. The van der Waals surface area contributed by atoms with Crippen molar-refractivity contribution in [1.29, 1.82) is 0 Å². The van der Waals surface area contributed by atoms with Crippen LogP contribution in [0.2, 0.25) is 5.02 Å². The first-order valence-electron chi connectivity index (χ1n) is 5.74. The van der Waals surface area contributed by atoms with Gasteiger partial charge in [-0.15, -0.1) is 0 Å². The Balaban J connectivity index is 2.03. The van der Waals surface area contributed by atoms with E-state index in [9.17, 15) is 0 Å². The van der Waals surface area contributed by atoms with E-state index in [1.807, 2.05) is 25.1 Å². The van der Waals surface area contributed by atoms with Gasteiger partial charge in [-0.2, -0.15) is 4.98 Å². The summed E-state index contributed by atoms with van der Waals surface area (Å²) < 4.78 is 5.28. The lowest BCUT2D eigenvalue weighted by molar-refractivity contribution is 0.432. The number of benzene rings is 1. The van der Waals surface area contributed by atoms with E-state index in [1.165, 1.54) is 0 Å². The van der Waals surface area contributed by atoms with Crippen LogP contribution in [0.25, 0.3) is 22.8 Å². The largest absolute Gasteiger partial charge is 0.334 e. The predicted molar refractivity (Wildman–Crippen MR) is 72.7 cm³/mol. The molecule has 0 fully saturated rings. The monoisotopic (exact) mass is 271 g/mol. The molecule has 0 bridgehead atoms. The maximum Gasteiger partial charge on any atom is 0.260 e. The number of halogens is 1. The third-order valence-corrected chi connectivity index (χ3v) is 3.01. The van der Waals surface area contributed by atoms with Crippen molar-refractivity contribution in [2.75, 3.05) is 0 Å². The van der Waals surface area contributed by atoms with Crippen LogP contribution in [0.3, 0.4) is 0 Å². The van der Waals surface area contributed by atoms with Gasteiger partial charge in [-0.1, -0.05) is 28.9 Å². The molecule has 0 aliphatic carbocycles. The zero-order valence-electron chi connectivity index (χ0n) is 10.2. The Labute approximate surface area is 115 Å². The van der Waals surface area contributed by atoms with Gasteiger partial charge in [-0.05, 0) is 30.7 Å². The quantitative estimate of drug-likeness (QED) is 0.712. The van der Waals surface area contributed by atoms with E-state index in [1.54, 1.807) is 24.5 Å². The van der Waals surface area contributed by atoms with Gasteiger partial charge >= 0.3 is 0 Å². The zero-order chi connectivity index (χ0) is 13.2. The second-order valence-corrected chi connectivity index (χ2v) is 4.56. The molecule has 4 nitrogen and oxygen atoms in total. The normalized spacial score (nSPS) is 10.6. The SMILES string of the molecule is Cc1ccncc1-c1nc(-c2cccc(Cl)c2)no1. The number of pyridine rings is 1. The molecule has 0 spiro atoms. The van der Waals surface area contributed by atoms with Gasteiger partial charge in [-0.3, -0.25) is 4.98 Å². The van der Waals surface area contributed by atoms with Crippen molar-refractivity contribution in [2.24, 2.45) is 0 Å². The second-order valence-electron chi connectivity index (χ2n) is 4.12. The third-order valence-electron chi connectivity index (χ3n) is 2.78. The van der Waals surface area contributed by atoms with Gasteiger partial charge < -0.3 is 4.52 Å². The van der Waals surface area contributed by atoms with E-state index in [2.05, 4.69) is 15.1 Å². The summed E-state index contributed by atoms with van der Waals surface area (Å²) in [5.74, 6) is 0.973. The molecule has 2 heterocycles. The van der Waals surface area contributed by atoms with Crippen LogP contribution in [-0.4, -0.2) is 15.1 Å². The molecule has 2 aromatic heterocycles. The van der Waals surface area contributed by atoms with E-state index in [-0.39, 0.29) is 0 Å². The summed E-state index contributed by atoms with van der Waals surface area (Å²) in [5.41, 5.74) is 2.70. The standard InChI is InChI=1S/C14H10ClN3O/c1-9-5-6-16-8-12(9)14-17-13(18-19-14)10-3-2-4-11(15)7-10/h2-8H,1H3. The van der Waals surface area contributed by atoms with E-state index in [0.717, 1.165) is 16.7 Å². The highest BCUT2D eigenvalue weighted by molar-refractivity contribution is 6.30. The summed E-state index contributed by atoms with van der Waals surface area (Å²) in [6, 6.07) is 9.24. The summed E-state index contributed by atoms with van der Waals surface area (Å²) in [6.07, 6.45) is 3.44. The highest BCUT2D eigenvalue weighted by atomic mass is 35.5. The summed E-state index contributed by atoms with van der Waals surface area (Å²) in [5, 5.41) is 4.61. The minimum absolute atomic E-state index is 0.459. The van der Waals surface area contributed by atoms with E-state index >= 15 is 0 Å². The molecule has 0 atom stereocenters. The molecule has 0 aliphatic heterocycles. The van der Waals surface area contributed by atoms with Crippen molar-refractivity contribution in [3.63, 3.8) is 0 Å². The lowest BCUT2D eigenvalue weighted by atomic mass is 10.1. The molecule has 0 saturated heterocycles. The molecular formula is C14H10ClN3O. The molecule has 94 valence electrons.